The van der Waals surface area contributed by atoms with Gasteiger partial charge in [0.15, 0.2) is 23.0 Å². The molecular formula is C43H56ClF3N2O4. The van der Waals surface area contributed by atoms with E-state index in [0.29, 0.717) is 30.6 Å². The fraction of sp³-hybridized carbons (Fsp3) is 0.442. The van der Waals surface area contributed by atoms with Gasteiger partial charge in [0.1, 0.15) is 0 Å². The molecule has 0 radical (unpaired) electrons. The minimum atomic E-state index is -4.30. The average molecular weight is 757 g/mol. The minimum absolute atomic E-state index is 0.111. The van der Waals surface area contributed by atoms with Gasteiger partial charge in [0, 0.05) is 43.3 Å². The van der Waals surface area contributed by atoms with E-state index in [1.807, 2.05) is 58.0 Å². The van der Waals surface area contributed by atoms with Gasteiger partial charge in [-0.15, -0.1) is 0 Å². The molecule has 4 aromatic carbocycles. The number of alkyl halides is 3. The molecule has 0 saturated heterocycles. The summed E-state index contributed by atoms with van der Waals surface area (Å²) < 4.78 is 48.9. The highest BCUT2D eigenvalue weighted by molar-refractivity contribution is 6.30. The molecule has 4 aromatic rings. The number of nitrogens with zero attached hydrogens (tertiary/aromatic N) is 2. The Balaban J connectivity index is 0.000000263. The number of ether oxygens (including phenoxy) is 2. The van der Waals surface area contributed by atoms with E-state index >= 15 is 0 Å². The molecule has 2 aliphatic heterocycles. The predicted molar refractivity (Wildman–Crippen MR) is 209 cm³/mol. The van der Waals surface area contributed by atoms with Crippen LogP contribution in [0.1, 0.15) is 93.3 Å². The SMILES string of the molecule is CC.CC.COc1cc(CC[C@@H](C)N2Cc3ccc(C(F)(F)F)cc3C2)ccc1O.COc1cc(CC[C@@H](C)N2Cc3ccc(Cl)cc3C2)ccc1O. The highest BCUT2D eigenvalue weighted by Crippen LogP contribution is 2.35. The number of phenolic OH excluding ortho intramolecular Hbond substituents is 2. The second-order valence-corrected chi connectivity index (χ2v) is 13.4. The van der Waals surface area contributed by atoms with Crippen molar-refractivity contribution in [2.24, 2.45) is 0 Å². The second-order valence-electron chi connectivity index (χ2n) is 13.0. The molecule has 0 fully saturated rings. The van der Waals surface area contributed by atoms with Gasteiger partial charge in [0.2, 0.25) is 0 Å². The molecule has 0 saturated carbocycles. The van der Waals surface area contributed by atoms with Crippen molar-refractivity contribution in [1.82, 2.24) is 9.80 Å². The number of aryl methyl sites for hydroxylation is 2. The Bertz CT molecular complexity index is 1750. The smallest absolute Gasteiger partial charge is 0.416 e. The standard InChI is InChI=1S/C20H22F3NO2.C19H22ClNO2.2C2H6/c1-13(3-4-14-5-8-18(25)19(9-14)26-2)24-11-15-6-7-17(20(21,22)23)10-16(15)12-24;1-13(3-4-14-5-8-18(22)19(9-14)23-2)21-11-15-6-7-17(20)10-16(15)12-21;2*1-2/h5-10,13,25H,3-4,11-12H2,1-2H3;5-10,13,22H,3-4,11-12H2,1-2H3;2*1-2H3/t2*13-;;/m11../s1. The van der Waals surface area contributed by atoms with Crippen LogP contribution < -0.4 is 9.47 Å². The van der Waals surface area contributed by atoms with Gasteiger partial charge in [-0.1, -0.05) is 63.6 Å². The van der Waals surface area contributed by atoms with E-state index in [2.05, 4.69) is 35.8 Å². The Kier molecular flexibility index (Phi) is 16.8. The molecule has 0 amide bonds. The summed E-state index contributed by atoms with van der Waals surface area (Å²) in [5.41, 5.74) is 6.12. The Morgan fingerprint density at radius 2 is 1.04 bits per heavy atom. The molecule has 0 spiro atoms. The molecule has 0 aliphatic carbocycles. The number of halogens is 4. The van der Waals surface area contributed by atoms with Crippen LogP contribution in [-0.2, 0) is 45.2 Å². The van der Waals surface area contributed by atoms with Gasteiger partial charge in [-0.25, -0.2) is 0 Å². The summed E-state index contributed by atoms with van der Waals surface area (Å²) in [6, 6.07) is 21.8. The molecule has 0 aromatic heterocycles. The predicted octanol–water partition coefficient (Wildman–Crippen LogP) is 11.2. The number of hydrogen-bond donors (Lipinski definition) is 2. The monoisotopic (exact) mass is 756 g/mol. The lowest BCUT2D eigenvalue weighted by atomic mass is 10.0. The minimum Gasteiger partial charge on any atom is -0.504 e. The van der Waals surface area contributed by atoms with E-state index < -0.39 is 11.7 Å². The van der Waals surface area contributed by atoms with Gasteiger partial charge in [-0.05, 0) is 121 Å². The first kappa shape index (κ1) is 43.5. The lowest BCUT2D eigenvalue weighted by Crippen LogP contribution is -2.28. The van der Waals surface area contributed by atoms with E-state index in [9.17, 15) is 23.4 Å². The summed E-state index contributed by atoms with van der Waals surface area (Å²) in [5.74, 6) is 1.29. The van der Waals surface area contributed by atoms with Crippen molar-refractivity contribution in [2.45, 2.75) is 112 Å². The summed E-state index contributed by atoms with van der Waals surface area (Å²) in [5, 5.41) is 20.1. The van der Waals surface area contributed by atoms with E-state index in [-0.39, 0.29) is 17.5 Å². The van der Waals surface area contributed by atoms with Crippen molar-refractivity contribution in [3.8, 4) is 23.0 Å². The number of benzene rings is 4. The maximum absolute atomic E-state index is 12.9. The average Bonchev–Trinajstić information content (AvgIpc) is 3.80. The summed E-state index contributed by atoms with van der Waals surface area (Å²) in [7, 11) is 3.09. The largest absolute Gasteiger partial charge is 0.504 e. The number of rotatable bonds is 10. The van der Waals surface area contributed by atoms with Gasteiger partial charge < -0.3 is 19.7 Å². The summed E-state index contributed by atoms with van der Waals surface area (Å²) in [6.07, 6.45) is -0.598. The maximum atomic E-state index is 12.9. The highest BCUT2D eigenvalue weighted by atomic mass is 35.5. The van der Waals surface area contributed by atoms with Crippen LogP contribution in [0.3, 0.4) is 0 Å². The fourth-order valence-electron chi connectivity index (χ4n) is 6.48. The Hall–Kier alpha value is -3.92. The molecule has 2 atom stereocenters. The number of methoxy groups -OCH3 is 2. The zero-order valence-electron chi connectivity index (χ0n) is 32.4. The van der Waals surface area contributed by atoms with Crippen LogP contribution in [0.2, 0.25) is 5.02 Å². The first-order valence-electron chi connectivity index (χ1n) is 18.5. The van der Waals surface area contributed by atoms with Crippen molar-refractivity contribution >= 4 is 11.6 Å². The molecule has 10 heteroatoms. The summed E-state index contributed by atoms with van der Waals surface area (Å²) in [4.78, 5) is 4.68. The lowest BCUT2D eigenvalue weighted by Gasteiger charge is -2.23. The molecule has 2 aliphatic rings. The first-order chi connectivity index (χ1) is 25.3. The third-order valence-electron chi connectivity index (χ3n) is 9.63. The zero-order chi connectivity index (χ0) is 39.3. The van der Waals surface area contributed by atoms with Crippen molar-refractivity contribution in [3.63, 3.8) is 0 Å². The molecule has 6 rings (SSSR count). The van der Waals surface area contributed by atoms with Crippen LogP contribution in [0.5, 0.6) is 23.0 Å². The summed E-state index contributed by atoms with van der Waals surface area (Å²) in [6.45, 7) is 15.5. The van der Waals surface area contributed by atoms with Gasteiger partial charge in [-0.3, -0.25) is 9.80 Å². The Labute approximate surface area is 319 Å². The molecule has 6 nitrogen and oxygen atoms in total. The number of phenols is 2. The van der Waals surface area contributed by atoms with Crippen molar-refractivity contribution in [3.05, 3.63) is 117 Å². The van der Waals surface area contributed by atoms with Crippen molar-refractivity contribution < 1.29 is 32.9 Å². The van der Waals surface area contributed by atoms with Crippen LogP contribution in [0.4, 0.5) is 13.2 Å². The number of hydrogen-bond acceptors (Lipinski definition) is 6. The first-order valence-corrected chi connectivity index (χ1v) is 18.9. The normalized spacial score (nSPS) is 14.6. The van der Waals surface area contributed by atoms with Crippen LogP contribution in [0.25, 0.3) is 0 Å². The quantitative estimate of drug-likeness (QED) is 0.168. The molecule has 53 heavy (non-hydrogen) atoms. The number of fused-ring (bicyclic) bond motifs is 2. The molecule has 2 N–H and O–H groups in total. The van der Waals surface area contributed by atoms with E-state index in [0.717, 1.165) is 66.6 Å². The van der Waals surface area contributed by atoms with E-state index in [1.165, 1.54) is 29.9 Å². The third-order valence-corrected chi connectivity index (χ3v) is 9.87. The zero-order valence-corrected chi connectivity index (χ0v) is 33.1. The molecule has 0 bridgehead atoms. The topological polar surface area (TPSA) is 65.4 Å². The molecule has 0 unspecified atom stereocenters. The Morgan fingerprint density at radius 3 is 1.47 bits per heavy atom. The summed E-state index contributed by atoms with van der Waals surface area (Å²) >= 11 is 6.08. The van der Waals surface area contributed by atoms with Crippen LogP contribution in [-0.4, -0.2) is 46.3 Å². The van der Waals surface area contributed by atoms with E-state index in [1.54, 1.807) is 25.3 Å². The van der Waals surface area contributed by atoms with E-state index in [4.69, 9.17) is 21.1 Å². The van der Waals surface area contributed by atoms with Crippen LogP contribution in [0, 0.1) is 0 Å². The van der Waals surface area contributed by atoms with Crippen LogP contribution in [0.15, 0.2) is 72.8 Å². The maximum Gasteiger partial charge on any atom is 0.416 e. The lowest BCUT2D eigenvalue weighted by molar-refractivity contribution is -0.137. The van der Waals surface area contributed by atoms with Crippen LogP contribution >= 0.6 is 11.6 Å². The molecule has 2 heterocycles. The molecular weight excluding hydrogens is 701 g/mol. The van der Waals surface area contributed by atoms with Gasteiger partial charge >= 0.3 is 6.18 Å². The van der Waals surface area contributed by atoms with Crippen molar-refractivity contribution in [1.29, 1.82) is 0 Å². The molecule has 290 valence electrons. The highest BCUT2D eigenvalue weighted by Gasteiger charge is 2.33. The second kappa shape index (κ2) is 20.5. The fourth-order valence-corrected chi connectivity index (χ4v) is 6.68. The van der Waals surface area contributed by atoms with Gasteiger partial charge in [-0.2, -0.15) is 13.2 Å². The number of aromatic hydroxyl groups is 2. The van der Waals surface area contributed by atoms with Gasteiger partial charge in [0.05, 0.1) is 19.8 Å². The van der Waals surface area contributed by atoms with Gasteiger partial charge in [0.25, 0.3) is 0 Å². The third kappa shape index (κ3) is 12.0. The van der Waals surface area contributed by atoms with Crippen molar-refractivity contribution in [2.75, 3.05) is 14.2 Å². The Morgan fingerprint density at radius 1 is 0.623 bits per heavy atom.